The molecule has 5 heteroatoms. The lowest BCUT2D eigenvalue weighted by molar-refractivity contribution is 0.332. The summed E-state index contributed by atoms with van der Waals surface area (Å²) in [5, 5.41) is 0. The van der Waals surface area contributed by atoms with Crippen molar-refractivity contribution in [2.24, 2.45) is 5.90 Å². The van der Waals surface area contributed by atoms with Crippen molar-refractivity contribution in [1.29, 1.82) is 0 Å². The fourth-order valence-corrected chi connectivity index (χ4v) is 1.07. The highest BCUT2D eigenvalue weighted by atomic mass is 32.2. The molecule has 0 amide bonds. The fourth-order valence-electron chi connectivity index (χ4n) is 0.453. The minimum atomic E-state index is -3.46. The van der Waals surface area contributed by atoms with Gasteiger partial charge in [-0.05, 0) is 12.8 Å². The maximum atomic E-state index is 10.5. The third-order valence-corrected chi connectivity index (χ3v) is 2.03. The van der Waals surface area contributed by atoms with Crippen LogP contribution in [0.1, 0.15) is 12.8 Å². The van der Waals surface area contributed by atoms with Crippen LogP contribution in [0, 0.1) is 0 Å². The van der Waals surface area contributed by atoms with E-state index in [9.17, 15) is 8.42 Å². The topological polar surface area (TPSA) is 69.4 Å². The maximum absolute atomic E-state index is 10.5. The Labute approximate surface area is 60.8 Å². The molecule has 0 aromatic rings. The standard InChI is InChI=1S/C5H11NO3S/c1-2-3-4-5-10(7,8)9-6/h2H,1,3-6H2. The highest BCUT2D eigenvalue weighted by Crippen LogP contribution is 1.96. The van der Waals surface area contributed by atoms with Crippen LogP contribution >= 0.6 is 0 Å². The second kappa shape index (κ2) is 4.43. The van der Waals surface area contributed by atoms with Crippen LogP contribution in [0.2, 0.25) is 0 Å². The molecular weight excluding hydrogens is 154 g/mol. The van der Waals surface area contributed by atoms with Crippen LogP contribution in [-0.4, -0.2) is 14.2 Å². The SMILES string of the molecule is C=CCCCS(=O)(=O)ON. The Morgan fingerprint density at radius 3 is 2.60 bits per heavy atom. The number of rotatable bonds is 5. The van der Waals surface area contributed by atoms with Gasteiger partial charge in [0.2, 0.25) is 0 Å². The van der Waals surface area contributed by atoms with Gasteiger partial charge in [0.25, 0.3) is 10.1 Å². The second-order valence-electron chi connectivity index (χ2n) is 1.79. The average molecular weight is 165 g/mol. The van der Waals surface area contributed by atoms with Crippen LogP contribution in [-0.2, 0) is 14.4 Å². The van der Waals surface area contributed by atoms with Crippen LogP contribution in [0.3, 0.4) is 0 Å². The van der Waals surface area contributed by atoms with Gasteiger partial charge in [-0.25, -0.2) is 0 Å². The molecule has 60 valence electrons. The summed E-state index contributed by atoms with van der Waals surface area (Å²) in [5.41, 5.74) is 0. The van der Waals surface area contributed by atoms with Gasteiger partial charge in [-0.3, -0.25) is 0 Å². The summed E-state index contributed by atoms with van der Waals surface area (Å²) < 4.78 is 24.7. The third-order valence-electron chi connectivity index (χ3n) is 0.949. The van der Waals surface area contributed by atoms with Crippen LogP contribution in [0.5, 0.6) is 0 Å². The second-order valence-corrected chi connectivity index (χ2v) is 3.50. The molecule has 0 heterocycles. The lowest BCUT2D eigenvalue weighted by Crippen LogP contribution is -2.14. The molecule has 0 spiro atoms. The van der Waals surface area contributed by atoms with Crippen LogP contribution < -0.4 is 5.90 Å². The van der Waals surface area contributed by atoms with Gasteiger partial charge < -0.3 is 0 Å². The molecule has 10 heavy (non-hydrogen) atoms. The minimum absolute atomic E-state index is 0.0461. The lowest BCUT2D eigenvalue weighted by atomic mass is 10.3. The summed E-state index contributed by atoms with van der Waals surface area (Å²) >= 11 is 0. The van der Waals surface area contributed by atoms with Crippen molar-refractivity contribution < 1.29 is 12.7 Å². The van der Waals surface area contributed by atoms with Gasteiger partial charge in [0.15, 0.2) is 0 Å². The highest BCUT2D eigenvalue weighted by molar-refractivity contribution is 7.86. The van der Waals surface area contributed by atoms with E-state index in [0.29, 0.717) is 12.8 Å². The maximum Gasteiger partial charge on any atom is 0.283 e. The predicted molar refractivity (Wildman–Crippen MR) is 38.5 cm³/mol. The number of hydrogen-bond donors (Lipinski definition) is 1. The first-order chi connectivity index (χ1) is 4.62. The highest BCUT2D eigenvalue weighted by Gasteiger charge is 2.06. The number of allylic oxidation sites excluding steroid dienone is 1. The van der Waals surface area contributed by atoms with E-state index in [1.165, 1.54) is 0 Å². The van der Waals surface area contributed by atoms with Crippen molar-refractivity contribution in [2.75, 3.05) is 5.75 Å². The number of hydrogen-bond acceptors (Lipinski definition) is 4. The van der Waals surface area contributed by atoms with E-state index in [1.54, 1.807) is 6.08 Å². The molecule has 0 aliphatic carbocycles. The minimum Gasteiger partial charge on any atom is -0.198 e. The van der Waals surface area contributed by atoms with Crippen molar-refractivity contribution in [1.82, 2.24) is 0 Å². The van der Waals surface area contributed by atoms with Crippen molar-refractivity contribution in [3.05, 3.63) is 12.7 Å². The summed E-state index contributed by atoms with van der Waals surface area (Å²) in [6, 6.07) is 0. The van der Waals surface area contributed by atoms with Crippen LogP contribution in [0.4, 0.5) is 0 Å². The van der Waals surface area contributed by atoms with E-state index in [2.05, 4.69) is 16.8 Å². The molecule has 0 atom stereocenters. The van der Waals surface area contributed by atoms with Gasteiger partial charge in [-0.2, -0.15) is 18.6 Å². The molecule has 0 fully saturated rings. The van der Waals surface area contributed by atoms with E-state index >= 15 is 0 Å². The summed E-state index contributed by atoms with van der Waals surface area (Å²) in [7, 11) is -3.46. The summed E-state index contributed by atoms with van der Waals surface area (Å²) in [5.74, 6) is 4.43. The Morgan fingerprint density at radius 2 is 2.20 bits per heavy atom. The summed E-state index contributed by atoms with van der Waals surface area (Å²) in [6.07, 6.45) is 2.80. The van der Waals surface area contributed by atoms with E-state index < -0.39 is 10.1 Å². The monoisotopic (exact) mass is 165 g/mol. The Bertz CT molecular complexity index is 185. The first kappa shape index (κ1) is 9.61. The van der Waals surface area contributed by atoms with Crippen molar-refractivity contribution in [2.45, 2.75) is 12.8 Å². The average Bonchev–Trinajstić information content (AvgIpc) is 1.89. The summed E-state index contributed by atoms with van der Waals surface area (Å²) in [6.45, 7) is 3.44. The Kier molecular flexibility index (Phi) is 4.26. The zero-order chi connectivity index (χ0) is 8.04. The summed E-state index contributed by atoms with van der Waals surface area (Å²) in [4.78, 5) is 0. The first-order valence-electron chi connectivity index (χ1n) is 2.84. The molecule has 0 saturated carbocycles. The molecule has 0 saturated heterocycles. The van der Waals surface area contributed by atoms with Gasteiger partial charge in [0.1, 0.15) is 0 Å². The molecule has 4 nitrogen and oxygen atoms in total. The van der Waals surface area contributed by atoms with Gasteiger partial charge in [-0.1, -0.05) is 6.08 Å². The van der Waals surface area contributed by atoms with Crippen molar-refractivity contribution in [3.63, 3.8) is 0 Å². The zero-order valence-electron chi connectivity index (χ0n) is 5.62. The van der Waals surface area contributed by atoms with Gasteiger partial charge in [0.05, 0.1) is 5.75 Å². The zero-order valence-corrected chi connectivity index (χ0v) is 6.43. The molecule has 0 aromatic carbocycles. The Morgan fingerprint density at radius 1 is 1.60 bits per heavy atom. The van der Waals surface area contributed by atoms with Gasteiger partial charge in [-0.15, -0.1) is 6.58 Å². The molecule has 0 rings (SSSR count). The quantitative estimate of drug-likeness (QED) is 0.358. The molecule has 0 aromatic heterocycles. The van der Waals surface area contributed by atoms with Crippen LogP contribution in [0.15, 0.2) is 12.7 Å². The van der Waals surface area contributed by atoms with E-state index in [1.807, 2.05) is 0 Å². The van der Waals surface area contributed by atoms with E-state index in [-0.39, 0.29) is 5.75 Å². The molecule has 0 unspecified atom stereocenters. The fraction of sp³-hybridized carbons (Fsp3) is 0.600. The van der Waals surface area contributed by atoms with Crippen molar-refractivity contribution in [3.8, 4) is 0 Å². The molecule has 0 aliphatic rings. The van der Waals surface area contributed by atoms with Crippen LogP contribution in [0.25, 0.3) is 0 Å². The van der Waals surface area contributed by atoms with E-state index in [4.69, 9.17) is 0 Å². The molecule has 0 radical (unpaired) electrons. The lowest BCUT2D eigenvalue weighted by Gasteiger charge is -1.96. The number of unbranched alkanes of at least 4 members (excludes halogenated alkanes) is 1. The Balaban J connectivity index is 3.58. The first-order valence-corrected chi connectivity index (χ1v) is 4.42. The van der Waals surface area contributed by atoms with Crippen molar-refractivity contribution >= 4 is 10.1 Å². The van der Waals surface area contributed by atoms with E-state index in [0.717, 1.165) is 0 Å². The molecule has 2 N–H and O–H groups in total. The predicted octanol–water partition coefficient (Wildman–Crippen LogP) is 0.173. The molecular formula is C5H11NO3S. The Hall–Kier alpha value is -0.390. The largest absolute Gasteiger partial charge is 0.283 e. The molecule has 0 aliphatic heterocycles. The van der Waals surface area contributed by atoms with Gasteiger partial charge in [0, 0.05) is 0 Å². The third kappa shape index (κ3) is 4.49. The van der Waals surface area contributed by atoms with Gasteiger partial charge >= 0.3 is 0 Å². The normalized spacial score (nSPS) is 11.3. The number of nitrogens with two attached hydrogens (primary N) is 1. The molecule has 0 bridgehead atoms. The smallest absolute Gasteiger partial charge is 0.198 e.